The molecule has 24 heavy (non-hydrogen) atoms. The first-order valence-corrected chi connectivity index (χ1v) is 8.80. The molecule has 1 heterocycles. The maximum atomic E-state index is 2.67. The first-order chi connectivity index (χ1) is 11.1. The summed E-state index contributed by atoms with van der Waals surface area (Å²) in [6.07, 6.45) is 0. The second kappa shape index (κ2) is 8.45. The Kier molecular flexibility index (Phi) is 6.84. The molecule has 2 aromatic rings. The number of quaternary nitrogens is 1. The fraction of sp³-hybridized carbons (Fsp3) is 0.429. The Balaban J connectivity index is 0.00000208. The number of hydrogen-bond acceptors (Lipinski definition) is 1. The number of halogens is 1. The number of rotatable bonds is 4. The summed E-state index contributed by atoms with van der Waals surface area (Å²) in [5, 5.41) is 0. The molecule has 3 rings (SSSR count). The van der Waals surface area contributed by atoms with E-state index in [0.717, 1.165) is 13.1 Å². The van der Waals surface area contributed by atoms with E-state index in [9.17, 15) is 0 Å². The van der Waals surface area contributed by atoms with Gasteiger partial charge in [-0.1, -0.05) is 60.2 Å². The molecule has 0 saturated carbocycles. The lowest BCUT2D eigenvalue weighted by molar-refractivity contribution is -0.912. The highest BCUT2D eigenvalue weighted by Gasteiger charge is 2.32. The van der Waals surface area contributed by atoms with Crippen molar-refractivity contribution in [3.8, 4) is 0 Å². The van der Waals surface area contributed by atoms with E-state index < -0.39 is 0 Å². The van der Waals surface area contributed by atoms with Crippen LogP contribution in [0.1, 0.15) is 29.7 Å². The van der Waals surface area contributed by atoms with Crippen molar-refractivity contribution in [3.05, 3.63) is 71.3 Å². The molecule has 0 amide bonds. The standard InChI is InChI=1S/C21H29N2.HI/c1-4-23(3)15-13-22(14-16-23)21(19-10-6-5-7-11-19)20-12-8-9-18(2)17-20;/h5-12,17,21H,4,13-16H2,1-3H3;1H/q+1;/p-1. The highest BCUT2D eigenvalue weighted by molar-refractivity contribution is 5.34. The average molecular weight is 436 g/mol. The Morgan fingerprint density at radius 3 is 2.17 bits per heavy atom. The lowest BCUT2D eigenvalue weighted by Gasteiger charge is -2.44. The smallest absolute Gasteiger partial charge is 0.0914 e. The highest BCUT2D eigenvalue weighted by atomic mass is 127. The van der Waals surface area contributed by atoms with Gasteiger partial charge in [0.25, 0.3) is 0 Å². The fourth-order valence-electron chi connectivity index (χ4n) is 3.63. The number of likely N-dealkylation sites (N-methyl/N-ethyl adjacent to an activating group) is 1. The Morgan fingerprint density at radius 1 is 0.958 bits per heavy atom. The molecule has 0 radical (unpaired) electrons. The molecule has 0 bridgehead atoms. The van der Waals surface area contributed by atoms with Crippen LogP contribution in [-0.2, 0) is 0 Å². The molecule has 1 unspecified atom stereocenters. The highest BCUT2D eigenvalue weighted by Crippen LogP contribution is 2.30. The van der Waals surface area contributed by atoms with Crippen LogP contribution in [-0.4, -0.2) is 49.2 Å². The van der Waals surface area contributed by atoms with Gasteiger partial charge in [0.2, 0.25) is 0 Å². The minimum Gasteiger partial charge on any atom is -1.00 e. The summed E-state index contributed by atoms with van der Waals surface area (Å²) in [4.78, 5) is 2.67. The van der Waals surface area contributed by atoms with E-state index >= 15 is 0 Å². The van der Waals surface area contributed by atoms with E-state index in [0.29, 0.717) is 6.04 Å². The number of hydrogen-bond donors (Lipinski definition) is 0. The second-order valence-corrected chi connectivity index (χ2v) is 7.15. The van der Waals surface area contributed by atoms with Crippen molar-refractivity contribution in [1.29, 1.82) is 0 Å². The molecule has 0 aromatic heterocycles. The van der Waals surface area contributed by atoms with Gasteiger partial charge < -0.3 is 28.5 Å². The SMILES string of the molecule is CC[N+]1(C)CCN(C(c2ccccc2)c2cccc(C)c2)CC1.[I-]. The van der Waals surface area contributed by atoms with Crippen molar-refractivity contribution in [2.24, 2.45) is 0 Å². The van der Waals surface area contributed by atoms with Crippen LogP contribution in [0.4, 0.5) is 0 Å². The van der Waals surface area contributed by atoms with Gasteiger partial charge in [-0.15, -0.1) is 0 Å². The molecular formula is C21H29IN2. The van der Waals surface area contributed by atoms with Crippen molar-refractivity contribution in [1.82, 2.24) is 4.90 Å². The molecule has 1 fully saturated rings. The van der Waals surface area contributed by atoms with Gasteiger partial charge in [-0.05, 0) is 25.0 Å². The topological polar surface area (TPSA) is 3.24 Å². The Morgan fingerprint density at radius 2 is 1.58 bits per heavy atom. The minimum absolute atomic E-state index is 0. The van der Waals surface area contributed by atoms with Crippen LogP contribution in [0.2, 0.25) is 0 Å². The molecule has 1 saturated heterocycles. The molecule has 0 N–H and O–H groups in total. The molecule has 0 spiro atoms. The van der Waals surface area contributed by atoms with Crippen molar-refractivity contribution in [3.63, 3.8) is 0 Å². The summed E-state index contributed by atoms with van der Waals surface area (Å²) >= 11 is 0. The number of benzene rings is 2. The quantitative estimate of drug-likeness (QED) is 0.508. The van der Waals surface area contributed by atoms with Gasteiger partial charge in [0, 0.05) is 13.1 Å². The molecule has 0 aliphatic carbocycles. The molecule has 1 aliphatic heterocycles. The Bertz CT molecular complexity index is 633. The van der Waals surface area contributed by atoms with Crippen molar-refractivity contribution < 1.29 is 28.5 Å². The zero-order valence-electron chi connectivity index (χ0n) is 15.1. The lowest BCUT2D eigenvalue weighted by atomic mass is 9.95. The van der Waals surface area contributed by atoms with E-state index in [1.54, 1.807) is 0 Å². The first kappa shape index (κ1) is 19.4. The van der Waals surface area contributed by atoms with Gasteiger partial charge in [-0.2, -0.15) is 0 Å². The van der Waals surface area contributed by atoms with Crippen LogP contribution >= 0.6 is 0 Å². The summed E-state index contributed by atoms with van der Waals surface area (Å²) in [5.74, 6) is 0. The fourth-order valence-corrected chi connectivity index (χ4v) is 3.63. The van der Waals surface area contributed by atoms with E-state index in [1.165, 1.54) is 40.8 Å². The zero-order valence-corrected chi connectivity index (χ0v) is 17.2. The van der Waals surface area contributed by atoms with Crippen molar-refractivity contribution in [2.45, 2.75) is 19.9 Å². The second-order valence-electron chi connectivity index (χ2n) is 7.15. The van der Waals surface area contributed by atoms with Gasteiger partial charge >= 0.3 is 0 Å². The largest absolute Gasteiger partial charge is 1.00 e. The van der Waals surface area contributed by atoms with Gasteiger partial charge in [-0.3, -0.25) is 4.90 Å². The van der Waals surface area contributed by atoms with E-state index in [-0.39, 0.29) is 24.0 Å². The summed E-state index contributed by atoms with van der Waals surface area (Å²) in [6.45, 7) is 10.5. The number of piperazine rings is 1. The predicted octanol–water partition coefficient (Wildman–Crippen LogP) is 0.871. The van der Waals surface area contributed by atoms with E-state index in [2.05, 4.69) is 80.4 Å². The normalized spacial score (nSPS) is 18.6. The lowest BCUT2D eigenvalue weighted by Crippen LogP contribution is -3.00. The Hall–Kier alpha value is -0.910. The molecular weight excluding hydrogens is 407 g/mol. The predicted molar refractivity (Wildman–Crippen MR) is 97.5 cm³/mol. The minimum atomic E-state index is 0. The first-order valence-electron chi connectivity index (χ1n) is 8.80. The third-order valence-electron chi connectivity index (χ3n) is 5.46. The summed E-state index contributed by atoms with van der Waals surface area (Å²) in [6, 6.07) is 20.4. The van der Waals surface area contributed by atoms with Crippen molar-refractivity contribution in [2.75, 3.05) is 39.8 Å². The summed E-state index contributed by atoms with van der Waals surface area (Å²) in [5.41, 5.74) is 4.17. The maximum Gasteiger partial charge on any atom is 0.0914 e. The third-order valence-corrected chi connectivity index (χ3v) is 5.46. The molecule has 2 aromatic carbocycles. The average Bonchev–Trinajstić information content (AvgIpc) is 2.58. The van der Waals surface area contributed by atoms with Crippen LogP contribution in [0.25, 0.3) is 0 Å². The Labute approximate surface area is 164 Å². The third kappa shape index (κ3) is 4.38. The van der Waals surface area contributed by atoms with Gasteiger partial charge in [-0.25, -0.2) is 0 Å². The van der Waals surface area contributed by atoms with Gasteiger partial charge in [0.1, 0.15) is 0 Å². The maximum absolute atomic E-state index is 2.67. The molecule has 1 aliphatic rings. The summed E-state index contributed by atoms with van der Waals surface area (Å²) < 4.78 is 1.20. The number of nitrogens with zero attached hydrogens (tertiary/aromatic N) is 2. The van der Waals surface area contributed by atoms with Crippen LogP contribution in [0, 0.1) is 6.92 Å². The van der Waals surface area contributed by atoms with Crippen LogP contribution < -0.4 is 24.0 Å². The zero-order chi connectivity index (χ0) is 16.3. The van der Waals surface area contributed by atoms with Crippen LogP contribution in [0.15, 0.2) is 54.6 Å². The van der Waals surface area contributed by atoms with Gasteiger partial charge in [0.05, 0.1) is 32.7 Å². The van der Waals surface area contributed by atoms with Crippen molar-refractivity contribution >= 4 is 0 Å². The monoisotopic (exact) mass is 436 g/mol. The molecule has 1 atom stereocenters. The molecule has 3 heteroatoms. The summed E-state index contributed by atoms with van der Waals surface area (Å²) in [7, 11) is 2.39. The molecule has 2 nitrogen and oxygen atoms in total. The molecule has 130 valence electrons. The van der Waals surface area contributed by atoms with Crippen LogP contribution in [0.5, 0.6) is 0 Å². The van der Waals surface area contributed by atoms with Gasteiger partial charge in [0.15, 0.2) is 0 Å². The van der Waals surface area contributed by atoms with E-state index in [1.807, 2.05) is 0 Å². The number of aryl methyl sites for hydroxylation is 1. The van der Waals surface area contributed by atoms with Crippen LogP contribution in [0.3, 0.4) is 0 Å². The van der Waals surface area contributed by atoms with E-state index in [4.69, 9.17) is 0 Å².